The van der Waals surface area contributed by atoms with Crippen molar-refractivity contribution in [2.45, 2.75) is 83.4 Å². The molecule has 2 aromatic carbocycles. The molecule has 1 amide bonds. The smallest absolute Gasteiger partial charge is 0.444 e. The van der Waals surface area contributed by atoms with E-state index >= 15 is 0 Å². The molecule has 0 spiro atoms. The second kappa shape index (κ2) is 16.3. The highest BCUT2D eigenvalue weighted by atomic mass is 16.7. The number of hydrogen-bond donors (Lipinski definition) is 2. The lowest BCUT2D eigenvalue weighted by Gasteiger charge is -2.44. The number of unbranched alkanes of at least 4 members (excludes halogenated alkanes) is 1. The summed E-state index contributed by atoms with van der Waals surface area (Å²) in [6, 6.07) is 15.7. The fourth-order valence-electron chi connectivity index (χ4n) is 6.23. The molecule has 0 radical (unpaired) electrons. The van der Waals surface area contributed by atoms with Gasteiger partial charge in [-0.05, 0) is 83.9 Å². The maximum Gasteiger partial charge on any atom is 0.444 e. The molecule has 0 unspecified atom stereocenters. The first-order chi connectivity index (χ1) is 21.0. The first-order valence-corrected chi connectivity index (χ1v) is 15.6. The number of hydrazine groups is 1. The first kappa shape index (κ1) is 35.5. The van der Waals surface area contributed by atoms with Crippen molar-refractivity contribution in [1.82, 2.24) is 15.1 Å². The standard InChI is InChI=1S/C33H50N4O5.CH2O/c1-25-13-6-8-16-29(25)41-30-17-9-7-15-28(30)33(39,19-10-11-22-40-5)26-14-12-20-36(23-26)42-31(38)37(32(2,3)4)35-21-18-27(34)24-35;1-2/h6-9,13,15-17,26-27,39H,10-12,14,18-24,34H2,1-5H3;1H2/t26-,27+,33+;/m1./s1. The average Bonchev–Trinajstić information content (AvgIpc) is 3.42. The van der Waals surface area contributed by atoms with Gasteiger partial charge in [-0.3, -0.25) is 0 Å². The third-order valence-corrected chi connectivity index (χ3v) is 8.38. The van der Waals surface area contributed by atoms with Crippen molar-refractivity contribution in [2.75, 3.05) is 39.9 Å². The summed E-state index contributed by atoms with van der Waals surface area (Å²) in [5.74, 6) is 1.22. The van der Waals surface area contributed by atoms with E-state index in [4.69, 9.17) is 24.8 Å². The van der Waals surface area contributed by atoms with Gasteiger partial charge in [-0.25, -0.2) is 14.8 Å². The Kier molecular flexibility index (Phi) is 13.2. The number of hydrogen-bond acceptors (Lipinski definition) is 9. The van der Waals surface area contributed by atoms with E-state index in [0.717, 1.165) is 55.5 Å². The predicted molar refractivity (Wildman–Crippen MR) is 171 cm³/mol. The molecule has 2 heterocycles. The summed E-state index contributed by atoms with van der Waals surface area (Å²) < 4.78 is 11.7. The van der Waals surface area contributed by atoms with Crippen molar-refractivity contribution in [2.24, 2.45) is 11.7 Å². The van der Waals surface area contributed by atoms with Crippen LogP contribution in [-0.4, -0.2) is 84.5 Å². The molecule has 0 aliphatic carbocycles. The number of carbonyl (C=O) groups excluding carboxylic acids is 2. The van der Waals surface area contributed by atoms with Gasteiger partial charge in [0.2, 0.25) is 0 Å². The number of piperidine rings is 1. The van der Waals surface area contributed by atoms with Gasteiger partial charge in [-0.2, -0.15) is 0 Å². The molecular formula is C34H52N4O6. The van der Waals surface area contributed by atoms with Crippen molar-refractivity contribution in [3.63, 3.8) is 0 Å². The first-order valence-electron chi connectivity index (χ1n) is 15.6. The lowest BCUT2D eigenvalue weighted by molar-refractivity contribution is -0.183. The second-order valence-corrected chi connectivity index (χ2v) is 12.8. The number of carbonyl (C=O) groups is 2. The molecule has 4 rings (SSSR count). The molecule has 0 aromatic heterocycles. The van der Waals surface area contributed by atoms with Crippen LogP contribution in [0.1, 0.15) is 70.4 Å². The number of nitrogens with zero attached hydrogens (tertiary/aromatic N) is 3. The van der Waals surface area contributed by atoms with Crippen LogP contribution in [0.2, 0.25) is 0 Å². The average molecular weight is 613 g/mol. The van der Waals surface area contributed by atoms with Gasteiger partial charge in [0.1, 0.15) is 18.3 Å². The van der Waals surface area contributed by atoms with Gasteiger partial charge < -0.3 is 29.9 Å². The SMILES string of the molecule is C=O.COCCCC[C@@](O)(c1ccccc1Oc1ccccc1C)[C@@H]1CCCN(OC(=O)N(N2CC[C@H](N)C2)C(C)(C)C)C1. The number of amides is 1. The van der Waals surface area contributed by atoms with Crippen LogP contribution in [0, 0.1) is 12.8 Å². The van der Waals surface area contributed by atoms with Crippen LogP contribution in [-0.2, 0) is 20.0 Å². The molecule has 244 valence electrons. The number of benzene rings is 2. The van der Waals surface area contributed by atoms with E-state index in [0.29, 0.717) is 38.4 Å². The minimum Gasteiger partial charge on any atom is -0.457 e. The Bertz CT molecular complexity index is 1190. The summed E-state index contributed by atoms with van der Waals surface area (Å²) in [6.45, 7) is 13.0. The molecule has 44 heavy (non-hydrogen) atoms. The summed E-state index contributed by atoms with van der Waals surface area (Å²) in [5, 5.41) is 18.0. The second-order valence-electron chi connectivity index (χ2n) is 12.8. The molecule has 3 atom stereocenters. The Balaban J connectivity index is 0.00000259. The zero-order valence-electron chi connectivity index (χ0n) is 27.2. The Labute approximate surface area is 263 Å². The summed E-state index contributed by atoms with van der Waals surface area (Å²) in [6.07, 6.45) is 4.18. The zero-order valence-corrected chi connectivity index (χ0v) is 27.2. The van der Waals surface area contributed by atoms with E-state index in [-0.39, 0.29) is 12.0 Å². The third kappa shape index (κ3) is 9.01. The zero-order chi connectivity index (χ0) is 32.3. The largest absolute Gasteiger partial charge is 0.457 e. The minimum atomic E-state index is -1.19. The van der Waals surface area contributed by atoms with E-state index in [9.17, 15) is 9.90 Å². The molecule has 2 aliphatic rings. The maximum absolute atomic E-state index is 13.6. The fourth-order valence-corrected chi connectivity index (χ4v) is 6.23. The lowest BCUT2D eigenvalue weighted by atomic mass is 9.74. The van der Waals surface area contributed by atoms with Crippen LogP contribution >= 0.6 is 0 Å². The van der Waals surface area contributed by atoms with E-state index in [1.165, 1.54) is 0 Å². The van der Waals surface area contributed by atoms with E-state index in [1.807, 2.05) is 88.0 Å². The molecule has 2 fully saturated rings. The molecule has 2 aliphatic heterocycles. The van der Waals surface area contributed by atoms with Crippen molar-refractivity contribution in [1.29, 1.82) is 0 Å². The van der Waals surface area contributed by atoms with E-state index < -0.39 is 17.2 Å². The number of ether oxygens (including phenoxy) is 2. The molecular weight excluding hydrogens is 560 g/mol. The Morgan fingerprint density at radius 1 is 1.02 bits per heavy atom. The minimum absolute atomic E-state index is 0.0390. The van der Waals surface area contributed by atoms with E-state index in [1.54, 1.807) is 17.2 Å². The number of aryl methyl sites for hydroxylation is 1. The molecule has 0 bridgehead atoms. The predicted octanol–water partition coefficient (Wildman–Crippen LogP) is 5.42. The molecule has 3 N–H and O–H groups in total. The number of rotatable bonds is 11. The van der Waals surface area contributed by atoms with Gasteiger partial charge in [0, 0.05) is 57.4 Å². The van der Waals surface area contributed by atoms with Crippen LogP contribution in [0.4, 0.5) is 4.79 Å². The van der Waals surface area contributed by atoms with Crippen molar-refractivity contribution < 1.29 is 29.0 Å². The van der Waals surface area contributed by atoms with Gasteiger partial charge in [-0.15, -0.1) is 5.06 Å². The van der Waals surface area contributed by atoms with Gasteiger partial charge >= 0.3 is 6.09 Å². The number of nitrogens with two attached hydrogens (primary N) is 1. The molecule has 10 nitrogen and oxygen atoms in total. The Morgan fingerprint density at radius 2 is 1.70 bits per heavy atom. The van der Waals surface area contributed by atoms with Crippen LogP contribution in [0.15, 0.2) is 48.5 Å². The fraction of sp³-hybridized carbons (Fsp3) is 0.588. The number of para-hydroxylation sites is 2. The number of methoxy groups -OCH3 is 1. The summed E-state index contributed by atoms with van der Waals surface area (Å²) in [4.78, 5) is 27.6. The Hall–Kier alpha value is -3.02. The molecule has 2 aromatic rings. The topological polar surface area (TPSA) is 118 Å². The molecule has 0 saturated carbocycles. The molecule has 2 saturated heterocycles. The highest BCUT2D eigenvalue weighted by Gasteiger charge is 2.44. The van der Waals surface area contributed by atoms with Crippen molar-refractivity contribution >= 4 is 12.9 Å². The molecule has 10 heteroatoms. The number of aliphatic hydroxyl groups is 1. The normalized spacial score (nSPS) is 20.7. The lowest BCUT2D eigenvalue weighted by Crippen LogP contribution is -2.57. The van der Waals surface area contributed by atoms with Gasteiger partial charge in [0.25, 0.3) is 0 Å². The van der Waals surface area contributed by atoms with Crippen LogP contribution in [0.3, 0.4) is 0 Å². The van der Waals surface area contributed by atoms with Crippen LogP contribution < -0.4 is 10.5 Å². The quantitative estimate of drug-likeness (QED) is 0.321. The van der Waals surface area contributed by atoms with Gasteiger partial charge in [0.15, 0.2) is 0 Å². The van der Waals surface area contributed by atoms with Crippen molar-refractivity contribution in [3.05, 3.63) is 59.7 Å². The van der Waals surface area contributed by atoms with Crippen LogP contribution in [0.5, 0.6) is 11.5 Å². The van der Waals surface area contributed by atoms with Crippen molar-refractivity contribution in [3.8, 4) is 11.5 Å². The highest BCUT2D eigenvalue weighted by molar-refractivity contribution is 5.67. The van der Waals surface area contributed by atoms with Gasteiger partial charge in [0.05, 0.1) is 11.1 Å². The van der Waals surface area contributed by atoms with E-state index in [2.05, 4.69) is 0 Å². The third-order valence-electron chi connectivity index (χ3n) is 8.38. The summed E-state index contributed by atoms with van der Waals surface area (Å²) in [5.41, 5.74) is 6.28. The summed E-state index contributed by atoms with van der Waals surface area (Å²) in [7, 11) is 1.70. The monoisotopic (exact) mass is 612 g/mol. The summed E-state index contributed by atoms with van der Waals surface area (Å²) >= 11 is 0. The van der Waals surface area contributed by atoms with Gasteiger partial charge in [-0.1, -0.05) is 36.4 Å². The highest BCUT2D eigenvalue weighted by Crippen LogP contribution is 2.44. The van der Waals surface area contributed by atoms with Crippen LogP contribution in [0.25, 0.3) is 0 Å². The maximum atomic E-state index is 13.6. The number of hydroxylamine groups is 2. The Morgan fingerprint density at radius 3 is 2.34 bits per heavy atom.